The van der Waals surface area contributed by atoms with Gasteiger partial charge in [-0.2, -0.15) is 5.26 Å². The van der Waals surface area contributed by atoms with Crippen LogP contribution in [0, 0.1) is 17.1 Å². The second kappa shape index (κ2) is 6.05. The molecule has 2 amide bonds. The number of nitrogens with one attached hydrogen (secondary N) is 1. The van der Waals surface area contributed by atoms with Crippen molar-refractivity contribution in [1.82, 2.24) is 10.2 Å². The number of amides is 2. The van der Waals surface area contributed by atoms with Crippen LogP contribution in [0.1, 0.15) is 0 Å². The third-order valence-electron chi connectivity index (χ3n) is 3.08. The Morgan fingerprint density at radius 1 is 1.26 bits per heavy atom. The largest absolute Gasteiger partial charge is 0.368 e. The molecule has 0 atom stereocenters. The van der Waals surface area contributed by atoms with Crippen LogP contribution in [0.25, 0.3) is 0 Å². The van der Waals surface area contributed by atoms with Gasteiger partial charge in [0.25, 0.3) is 0 Å². The van der Waals surface area contributed by atoms with E-state index in [1.165, 1.54) is 12.1 Å². The first-order valence-electron chi connectivity index (χ1n) is 6.11. The highest BCUT2D eigenvalue weighted by Crippen LogP contribution is 2.16. The van der Waals surface area contributed by atoms with Gasteiger partial charge in [0.15, 0.2) is 0 Å². The van der Waals surface area contributed by atoms with Crippen LogP contribution in [-0.4, -0.2) is 43.7 Å². The predicted molar refractivity (Wildman–Crippen MR) is 69.2 cm³/mol. The molecule has 1 heterocycles. The molecule has 1 aliphatic heterocycles. The van der Waals surface area contributed by atoms with E-state index >= 15 is 0 Å². The van der Waals surface area contributed by atoms with Gasteiger partial charge in [0, 0.05) is 31.9 Å². The van der Waals surface area contributed by atoms with E-state index in [0.29, 0.717) is 26.2 Å². The molecule has 0 spiro atoms. The minimum absolute atomic E-state index is 0.0248. The van der Waals surface area contributed by atoms with Crippen molar-refractivity contribution in [2.45, 2.75) is 0 Å². The van der Waals surface area contributed by atoms with Crippen LogP contribution in [0.3, 0.4) is 0 Å². The maximum atomic E-state index is 12.8. The van der Waals surface area contributed by atoms with Crippen molar-refractivity contribution >= 4 is 11.7 Å². The highest BCUT2D eigenvalue weighted by molar-refractivity contribution is 5.74. The van der Waals surface area contributed by atoms with Gasteiger partial charge in [-0.3, -0.25) is 0 Å². The first-order chi connectivity index (χ1) is 9.20. The average Bonchev–Trinajstić information content (AvgIpc) is 2.46. The zero-order valence-electron chi connectivity index (χ0n) is 10.5. The van der Waals surface area contributed by atoms with Crippen molar-refractivity contribution in [2.24, 2.45) is 0 Å². The summed E-state index contributed by atoms with van der Waals surface area (Å²) in [4.78, 5) is 15.4. The number of hydrogen-bond donors (Lipinski definition) is 1. The van der Waals surface area contributed by atoms with Gasteiger partial charge in [-0.25, -0.2) is 9.18 Å². The number of urea groups is 1. The van der Waals surface area contributed by atoms with Crippen LogP contribution in [0.2, 0.25) is 0 Å². The van der Waals surface area contributed by atoms with Gasteiger partial charge in [0.05, 0.1) is 6.07 Å². The van der Waals surface area contributed by atoms with Crippen molar-refractivity contribution in [3.05, 3.63) is 30.1 Å². The number of benzene rings is 1. The van der Waals surface area contributed by atoms with Crippen LogP contribution in [-0.2, 0) is 0 Å². The second-order valence-corrected chi connectivity index (χ2v) is 4.27. The predicted octanol–water partition coefficient (Wildman–Crippen LogP) is 1.18. The topological polar surface area (TPSA) is 59.4 Å². The molecule has 6 heteroatoms. The molecule has 0 radical (unpaired) electrons. The smallest absolute Gasteiger partial charge is 0.318 e. The number of carbonyl (C=O) groups excluding carboxylic acids is 1. The first-order valence-corrected chi connectivity index (χ1v) is 6.11. The Morgan fingerprint density at radius 2 is 1.89 bits per heavy atom. The Hall–Kier alpha value is -2.29. The van der Waals surface area contributed by atoms with Crippen LogP contribution in [0.5, 0.6) is 0 Å². The van der Waals surface area contributed by atoms with Crippen LogP contribution < -0.4 is 10.2 Å². The van der Waals surface area contributed by atoms with Gasteiger partial charge in [0.1, 0.15) is 12.4 Å². The number of nitriles is 1. The third kappa shape index (κ3) is 3.35. The van der Waals surface area contributed by atoms with Crippen molar-refractivity contribution in [1.29, 1.82) is 5.26 Å². The summed E-state index contributed by atoms with van der Waals surface area (Å²) in [7, 11) is 0. The molecule has 0 aromatic heterocycles. The van der Waals surface area contributed by atoms with E-state index in [-0.39, 0.29) is 18.4 Å². The van der Waals surface area contributed by atoms with E-state index in [1.54, 1.807) is 17.0 Å². The van der Waals surface area contributed by atoms with Crippen molar-refractivity contribution in [3.8, 4) is 6.07 Å². The van der Waals surface area contributed by atoms with Crippen molar-refractivity contribution in [3.63, 3.8) is 0 Å². The third-order valence-corrected chi connectivity index (χ3v) is 3.08. The fourth-order valence-corrected chi connectivity index (χ4v) is 2.05. The van der Waals surface area contributed by atoms with Crippen molar-refractivity contribution < 1.29 is 9.18 Å². The number of rotatable bonds is 2. The van der Waals surface area contributed by atoms with Gasteiger partial charge in [0.2, 0.25) is 0 Å². The molecule has 0 unspecified atom stereocenters. The molecule has 0 saturated carbocycles. The molecule has 100 valence electrons. The Labute approximate surface area is 111 Å². The van der Waals surface area contributed by atoms with Crippen LogP contribution in [0.4, 0.5) is 14.9 Å². The molecule has 1 aromatic carbocycles. The Bertz CT molecular complexity index is 474. The maximum absolute atomic E-state index is 12.8. The van der Waals surface area contributed by atoms with Crippen molar-refractivity contribution in [2.75, 3.05) is 37.6 Å². The fourth-order valence-electron chi connectivity index (χ4n) is 2.05. The zero-order valence-corrected chi connectivity index (χ0v) is 10.5. The molecule has 19 heavy (non-hydrogen) atoms. The molecule has 1 saturated heterocycles. The molecule has 1 aliphatic rings. The lowest BCUT2D eigenvalue weighted by molar-refractivity contribution is 0.195. The van der Waals surface area contributed by atoms with Gasteiger partial charge in [-0.1, -0.05) is 0 Å². The lowest BCUT2D eigenvalue weighted by atomic mass is 10.2. The summed E-state index contributed by atoms with van der Waals surface area (Å²) in [5.74, 6) is -0.252. The van der Waals surface area contributed by atoms with Gasteiger partial charge in [-0.05, 0) is 24.3 Å². The molecular weight excluding hydrogens is 247 g/mol. The molecule has 1 fully saturated rings. The molecular formula is C13H15FN4O. The summed E-state index contributed by atoms with van der Waals surface area (Å²) in [6.07, 6.45) is 0. The van der Waals surface area contributed by atoms with E-state index < -0.39 is 0 Å². The van der Waals surface area contributed by atoms with Gasteiger partial charge < -0.3 is 15.1 Å². The quantitative estimate of drug-likeness (QED) is 0.814. The summed E-state index contributed by atoms with van der Waals surface area (Å²) in [6, 6.07) is 8.00. The zero-order chi connectivity index (χ0) is 13.7. The fraction of sp³-hybridized carbons (Fsp3) is 0.385. The monoisotopic (exact) mass is 262 g/mol. The molecule has 0 bridgehead atoms. The number of anilines is 1. The lowest BCUT2D eigenvalue weighted by Gasteiger charge is -2.35. The van der Waals surface area contributed by atoms with Gasteiger partial charge >= 0.3 is 6.03 Å². The Balaban J connectivity index is 1.87. The standard InChI is InChI=1S/C13H15FN4O/c14-11-1-3-12(4-2-11)17-7-9-18(10-8-17)13(19)16-6-5-15/h1-4H,6-10H2,(H,16,19). The summed E-state index contributed by atoms with van der Waals surface area (Å²) in [5.41, 5.74) is 0.957. The Kier molecular flexibility index (Phi) is 4.18. The summed E-state index contributed by atoms with van der Waals surface area (Å²) in [6.45, 7) is 2.61. The number of nitrogens with zero attached hydrogens (tertiary/aromatic N) is 3. The Morgan fingerprint density at radius 3 is 2.47 bits per heavy atom. The number of hydrogen-bond acceptors (Lipinski definition) is 3. The van der Waals surface area contributed by atoms with E-state index in [1.807, 2.05) is 6.07 Å². The first kappa shape index (κ1) is 13.1. The minimum atomic E-state index is -0.252. The number of piperazine rings is 1. The molecule has 1 N–H and O–H groups in total. The number of carbonyl (C=O) groups is 1. The van der Waals surface area contributed by atoms with Gasteiger partial charge in [-0.15, -0.1) is 0 Å². The SMILES string of the molecule is N#CCNC(=O)N1CCN(c2ccc(F)cc2)CC1. The van der Waals surface area contributed by atoms with E-state index in [4.69, 9.17) is 5.26 Å². The maximum Gasteiger partial charge on any atom is 0.318 e. The van der Waals surface area contributed by atoms with E-state index in [9.17, 15) is 9.18 Å². The normalized spacial score (nSPS) is 14.9. The number of halogens is 1. The average molecular weight is 262 g/mol. The molecule has 2 rings (SSSR count). The van der Waals surface area contributed by atoms with E-state index in [2.05, 4.69) is 10.2 Å². The van der Waals surface area contributed by atoms with E-state index in [0.717, 1.165) is 5.69 Å². The highest BCUT2D eigenvalue weighted by atomic mass is 19.1. The second-order valence-electron chi connectivity index (χ2n) is 4.27. The lowest BCUT2D eigenvalue weighted by Crippen LogP contribution is -2.51. The molecule has 1 aromatic rings. The summed E-state index contributed by atoms with van der Waals surface area (Å²) < 4.78 is 12.8. The molecule has 0 aliphatic carbocycles. The van der Waals surface area contributed by atoms with Crippen LogP contribution >= 0.6 is 0 Å². The minimum Gasteiger partial charge on any atom is -0.368 e. The highest BCUT2D eigenvalue weighted by Gasteiger charge is 2.20. The summed E-state index contributed by atoms with van der Waals surface area (Å²) in [5, 5.41) is 10.9. The summed E-state index contributed by atoms with van der Waals surface area (Å²) >= 11 is 0. The molecule has 5 nitrogen and oxygen atoms in total. The van der Waals surface area contributed by atoms with Crippen LogP contribution in [0.15, 0.2) is 24.3 Å².